The summed E-state index contributed by atoms with van der Waals surface area (Å²) in [5, 5.41) is 23.1. The Bertz CT molecular complexity index is 1000. The number of carboxylic acids is 1. The van der Waals surface area contributed by atoms with Crippen molar-refractivity contribution in [3.8, 4) is 5.75 Å². The van der Waals surface area contributed by atoms with Gasteiger partial charge in [0.15, 0.2) is 0 Å². The molecule has 0 atom stereocenters. The standard InChI is InChI=1S/C20H20N4O3/c25-17-11-13(7-8-15(17)20(26)27)21-19-14-5-1-2-6-16(14)22-18(23-19)12-24-9-3-4-10-24/h1-2,5-8,11,25H,3-4,9-10,12H2,(H,26,27)(H,21,22,23). The molecule has 0 aliphatic carbocycles. The van der Waals surface area contributed by atoms with Gasteiger partial charge in [0.05, 0.1) is 12.1 Å². The third-order valence-corrected chi connectivity index (χ3v) is 4.70. The number of aromatic nitrogens is 2. The number of benzene rings is 2. The van der Waals surface area contributed by atoms with Crippen molar-refractivity contribution in [3.05, 3.63) is 53.9 Å². The number of hydrogen-bond acceptors (Lipinski definition) is 6. The van der Waals surface area contributed by atoms with Crippen molar-refractivity contribution >= 4 is 28.4 Å². The number of carbonyl (C=O) groups is 1. The molecule has 1 aliphatic rings. The van der Waals surface area contributed by atoms with Crippen LogP contribution in [0, 0.1) is 0 Å². The summed E-state index contributed by atoms with van der Waals surface area (Å²) in [6.45, 7) is 2.82. The van der Waals surface area contributed by atoms with E-state index in [1.807, 2.05) is 24.3 Å². The molecule has 7 nitrogen and oxygen atoms in total. The number of anilines is 2. The number of aromatic hydroxyl groups is 1. The zero-order chi connectivity index (χ0) is 18.8. The first-order valence-corrected chi connectivity index (χ1v) is 8.91. The molecule has 3 N–H and O–H groups in total. The van der Waals surface area contributed by atoms with Crippen molar-refractivity contribution in [1.29, 1.82) is 0 Å². The minimum Gasteiger partial charge on any atom is -0.507 e. The Kier molecular flexibility index (Phi) is 4.60. The zero-order valence-electron chi connectivity index (χ0n) is 14.7. The van der Waals surface area contributed by atoms with E-state index >= 15 is 0 Å². The summed E-state index contributed by atoms with van der Waals surface area (Å²) >= 11 is 0. The molecule has 27 heavy (non-hydrogen) atoms. The SMILES string of the molecule is O=C(O)c1ccc(Nc2nc(CN3CCCC3)nc3ccccc23)cc1O. The third-order valence-electron chi connectivity index (χ3n) is 4.70. The molecular weight excluding hydrogens is 344 g/mol. The smallest absolute Gasteiger partial charge is 0.339 e. The molecule has 1 aromatic heterocycles. The molecule has 2 aromatic carbocycles. The fraction of sp³-hybridized carbons (Fsp3) is 0.250. The van der Waals surface area contributed by atoms with Gasteiger partial charge in [-0.05, 0) is 50.2 Å². The summed E-state index contributed by atoms with van der Waals surface area (Å²) in [5.41, 5.74) is 1.27. The first-order valence-electron chi connectivity index (χ1n) is 8.91. The summed E-state index contributed by atoms with van der Waals surface area (Å²) in [7, 11) is 0. The van der Waals surface area contributed by atoms with Gasteiger partial charge in [-0.1, -0.05) is 12.1 Å². The lowest BCUT2D eigenvalue weighted by atomic mass is 10.1. The number of likely N-dealkylation sites (tertiary alicyclic amines) is 1. The Balaban J connectivity index is 1.69. The first kappa shape index (κ1) is 17.2. The summed E-state index contributed by atoms with van der Waals surface area (Å²) in [4.78, 5) is 22.8. The maximum absolute atomic E-state index is 11.1. The van der Waals surface area contributed by atoms with E-state index in [0.717, 1.165) is 29.8 Å². The second-order valence-electron chi connectivity index (χ2n) is 6.65. The van der Waals surface area contributed by atoms with Crippen LogP contribution in [0.4, 0.5) is 11.5 Å². The lowest BCUT2D eigenvalue weighted by Gasteiger charge is -2.16. The number of hydrogen-bond donors (Lipinski definition) is 3. The second kappa shape index (κ2) is 7.20. The Morgan fingerprint density at radius 3 is 2.63 bits per heavy atom. The normalized spacial score (nSPS) is 14.5. The molecule has 0 saturated carbocycles. The van der Waals surface area contributed by atoms with Crippen molar-refractivity contribution < 1.29 is 15.0 Å². The van der Waals surface area contributed by atoms with Gasteiger partial charge in [0, 0.05) is 17.1 Å². The van der Waals surface area contributed by atoms with Crippen LogP contribution in [0.5, 0.6) is 5.75 Å². The van der Waals surface area contributed by atoms with Crippen molar-refractivity contribution in [2.75, 3.05) is 18.4 Å². The Hall–Kier alpha value is -3.19. The molecule has 0 spiro atoms. The van der Waals surface area contributed by atoms with Gasteiger partial charge in [0.25, 0.3) is 0 Å². The topological polar surface area (TPSA) is 98.6 Å². The van der Waals surface area contributed by atoms with E-state index in [0.29, 0.717) is 18.1 Å². The van der Waals surface area contributed by atoms with Gasteiger partial charge in [-0.2, -0.15) is 0 Å². The van der Waals surface area contributed by atoms with Gasteiger partial charge < -0.3 is 15.5 Å². The molecule has 1 fully saturated rings. The van der Waals surface area contributed by atoms with E-state index in [2.05, 4.69) is 20.2 Å². The number of phenols is 1. The van der Waals surface area contributed by atoms with E-state index in [1.54, 1.807) is 6.07 Å². The molecule has 0 radical (unpaired) electrons. The number of nitrogens with zero attached hydrogens (tertiary/aromatic N) is 3. The van der Waals surface area contributed by atoms with Gasteiger partial charge >= 0.3 is 5.97 Å². The first-order chi connectivity index (χ1) is 13.1. The van der Waals surface area contributed by atoms with Crippen molar-refractivity contribution in [2.45, 2.75) is 19.4 Å². The fourth-order valence-electron chi connectivity index (χ4n) is 3.36. The van der Waals surface area contributed by atoms with Gasteiger partial charge in [0.2, 0.25) is 0 Å². The maximum Gasteiger partial charge on any atom is 0.339 e. The number of aromatic carboxylic acids is 1. The average Bonchev–Trinajstić information content (AvgIpc) is 3.14. The highest BCUT2D eigenvalue weighted by Gasteiger charge is 2.16. The molecule has 7 heteroatoms. The van der Waals surface area contributed by atoms with Gasteiger partial charge in [-0.25, -0.2) is 14.8 Å². The molecule has 3 aromatic rings. The minimum absolute atomic E-state index is 0.136. The van der Waals surface area contributed by atoms with E-state index in [-0.39, 0.29) is 11.3 Å². The van der Waals surface area contributed by atoms with Crippen LogP contribution < -0.4 is 5.32 Å². The minimum atomic E-state index is -1.17. The van der Waals surface area contributed by atoms with Crippen molar-refractivity contribution in [1.82, 2.24) is 14.9 Å². The van der Waals surface area contributed by atoms with Gasteiger partial charge in [-0.3, -0.25) is 4.90 Å². The summed E-state index contributed by atoms with van der Waals surface area (Å²) in [6.07, 6.45) is 2.40. The van der Waals surface area contributed by atoms with Crippen LogP contribution in [-0.4, -0.2) is 44.1 Å². The molecule has 138 valence electrons. The summed E-state index contributed by atoms with van der Waals surface area (Å²) in [5.74, 6) is -0.0793. The number of rotatable bonds is 5. The van der Waals surface area contributed by atoms with E-state index in [1.165, 1.54) is 25.0 Å². The van der Waals surface area contributed by atoms with Crippen LogP contribution >= 0.6 is 0 Å². The van der Waals surface area contributed by atoms with E-state index in [9.17, 15) is 9.90 Å². The highest BCUT2D eigenvalue weighted by atomic mass is 16.4. The summed E-state index contributed by atoms with van der Waals surface area (Å²) < 4.78 is 0. The van der Waals surface area contributed by atoms with Crippen molar-refractivity contribution in [3.63, 3.8) is 0 Å². The molecule has 0 bridgehead atoms. The number of fused-ring (bicyclic) bond motifs is 1. The molecule has 4 rings (SSSR count). The fourth-order valence-corrected chi connectivity index (χ4v) is 3.36. The molecule has 0 unspecified atom stereocenters. The second-order valence-corrected chi connectivity index (χ2v) is 6.65. The van der Waals surface area contributed by atoms with Crippen LogP contribution in [-0.2, 0) is 6.54 Å². The Morgan fingerprint density at radius 1 is 1.11 bits per heavy atom. The Morgan fingerprint density at radius 2 is 1.89 bits per heavy atom. The highest BCUT2D eigenvalue weighted by molar-refractivity contribution is 5.93. The molecule has 2 heterocycles. The average molecular weight is 364 g/mol. The van der Waals surface area contributed by atoms with E-state index < -0.39 is 5.97 Å². The van der Waals surface area contributed by atoms with Crippen LogP contribution in [0.25, 0.3) is 10.9 Å². The largest absolute Gasteiger partial charge is 0.507 e. The molecule has 0 amide bonds. The van der Waals surface area contributed by atoms with Crippen molar-refractivity contribution in [2.24, 2.45) is 0 Å². The summed E-state index contributed by atoms with van der Waals surface area (Å²) in [6, 6.07) is 12.1. The molecular formula is C20H20N4O3. The third kappa shape index (κ3) is 3.68. The quantitative estimate of drug-likeness (QED) is 0.638. The van der Waals surface area contributed by atoms with Crippen LogP contribution in [0.1, 0.15) is 29.0 Å². The molecule has 1 aliphatic heterocycles. The predicted molar refractivity (Wildman–Crippen MR) is 102 cm³/mol. The number of para-hydroxylation sites is 1. The molecule has 1 saturated heterocycles. The predicted octanol–water partition coefficient (Wildman–Crippen LogP) is 3.37. The lowest BCUT2D eigenvalue weighted by Crippen LogP contribution is -2.20. The Labute approximate surface area is 156 Å². The number of nitrogens with one attached hydrogen (secondary N) is 1. The van der Waals surface area contributed by atoms with Gasteiger partial charge in [0.1, 0.15) is 23.0 Å². The van der Waals surface area contributed by atoms with Crippen LogP contribution in [0.2, 0.25) is 0 Å². The maximum atomic E-state index is 11.1. The zero-order valence-corrected chi connectivity index (χ0v) is 14.7. The van der Waals surface area contributed by atoms with Gasteiger partial charge in [-0.15, -0.1) is 0 Å². The lowest BCUT2D eigenvalue weighted by molar-refractivity contribution is 0.0694. The highest BCUT2D eigenvalue weighted by Crippen LogP contribution is 2.28. The monoisotopic (exact) mass is 364 g/mol. The van der Waals surface area contributed by atoms with Crippen LogP contribution in [0.15, 0.2) is 42.5 Å². The van der Waals surface area contributed by atoms with Crippen LogP contribution in [0.3, 0.4) is 0 Å². The van der Waals surface area contributed by atoms with E-state index in [4.69, 9.17) is 5.11 Å². The number of carboxylic acid groups (broad SMARTS) is 1.